The Labute approximate surface area is 155 Å². The van der Waals surface area contributed by atoms with Gasteiger partial charge in [0.1, 0.15) is 5.82 Å². The predicted molar refractivity (Wildman–Crippen MR) is 97.9 cm³/mol. The van der Waals surface area contributed by atoms with Crippen LogP contribution in [0.4, 0.5) is 15.8 Å². The highest BCUT2D eigenvalue weighted by atomic mass is 19.1. The molecule has 0 unspecified atom stereocenters. The first-order valence-electron chi connectivity index (χ1n) is 8.62. The van der Waals surface area contributed by atoms with Gasteiger partial charge in [-0.3, -0.25) is 9.59 Å². The van der Waals surface area contributed by atoms with Crippen molar-refractivity contribution in [1.82, 2.24) is 0 Å². The number of nitrogens with one attached hydrogen (secondary N) is 1. The Bertz CT molecular complexity index is 867. The van der Waals surface area contributed by atoms with Gasteiger partial charge < -0.3 is 15.0 Å². The minimum atomic E-state index is -1.10. The Morgan fingerprint density at radius 3 is 2.48 bits per heavy atom. The molecule has 0 aliphatic carbocycles. The van der Waals surface area contributed by atoms with Gasteiger partial charge in [-0.1, -0.05) is 12.1 Å². The van der Waals surface area contributed by atoms with Crippen molar-refractivity contribution >= 4 is 29.2 Å². The summed E-state index contributed by atoms with van der Waals surface area (Å²) < 4.78 is 18.7. The topological polar surface area (TPSA) is 75.7 Å². The van der Waals surface area contributed by atoms with Gasteiger partial charge in [-0.25, -0.2) is 9.18 Å². The van der Waals surface area contributed by atoms with Crippen molar-refractivity contribution in [2.45, 2.75) is 25.9 Å². The molecule has 1 aliphatic heterocycles. The molecule has 140 valence electrons. The molecule has 6 nitrogen and oxygen atoms in total. The summed E-state index contributed by atoms with van der Waals surface area (Å²) in [6, 6.07) is 12.2. The van der Waals surface area contributed by atoms with Gasteiger partial charge >= 0.3 is 5.97 Å². The number of hydrogen-bond acceptors (Lipinski definition) is 4. The molecule has 1 fully saturated rings. The molecule has 2 aromatic carbocycles. The van der Waals surface area contributed by atoms with Crippen LogP contribution < -0.4 is 10.2 Å². The van der Waals surface area contributed by atoms with Gasteiger partial charge in [0.15, 0.2) is 6.10 Å². The van der Waals surface area contributed by atoms with E-state index >= 15 is 0 Å². The van der Waals surface area contributed by atoms with E-state index in [1.165, 1.54) is 25.1 Å². The number of esters is 1. The van der Waals surface area contributed by atoms with Crippen molar-refractivity contribution in [3.63, 3.8) is 0 Å². The van der Waals surface area contributed by atoms with Crippen molar-refractivity contribution in [2.24, 2.45) is 0 Å². The lowest BCUT2D eigenvalue weighted by Crippen LogP contribution is -2.30. The normalized spacial score (nSPS) is 14.7. The fourth-order valence-electron chi connectivity index (χ4n) is 2.78. The number of amides is 2. The lowest BCUT2D eigenvalue weighted by atomic mass is 10.2. The Morgan fingerprint density at radius 1 is 1.15 bits per heavy atom. The largest absolute Gasteiger partial charge is 0.449 e. The molecule has 2 amide bonds. The van der Waals surface area contributed by atoms with Crippen molar-refractivity contribution in [3.8, 4) is 0 Å². The number of para-hydroxylation sites is 1. The number of anilines is 2. The van der Waals surface area contributed by atoms with E-state index in [0.29, 0.717) is 13.0 Å². The van der Waals surface area contributed by atoms with Gasteiger partial charge in [-0.15, -0.1) is 0 Å². The van der Waals surface area contributed by atoms with Crippen LogP contribution in [-0.4, -0.2) is 30.4 Å². The average molecular weight is 370 g/mol. The minimum absolute atomic E-state index is 0.0185. The van der Waals surface area contributed by atoms with Crippen LogP contribution in [0.5, 0.6) is 0 Å². The maximum absolute atomic E-state index is 13.6. The fraction of sp³-hybridized carbons (Fsp3) is 0.250. The van der Waals surface area contributed by atoms with E-state index in [0.717, 1.165) is 12.1 Å². The summed E-state index contributed by atoms with van der Waals surface area (Å²) in [4.78, 5) is 37.7. The van der Waals surface area contributed by atoms with E-state index in [-0.39, 0.29) is 17.2 Å². The molecule has 3 rings (SSSR count). The first kappa shape index (κ1) is 18.6. The quantitative estimate of drug-likeness (QED) is 0.821. The van der Waals surface area contributed by atoms with Gasteiger partial charge in [0.05, 0.1) is 11.3 Å². The van der Waals surface area contributed by atoms with Crippen LogP contribution in [0.25, 0.3) is 0 Å². The highest BCUT2D eigenvalue weighted by molar-refractivity contribution is 5.98. The Balaban J connectivity index is 1.60. The number of ether oxygens (including phenoxy) is 1. The zero-order valence-corrected chi connectivity index (χ0v) is 14.8. The molecule has 0 saturated carbocycles. The maximum atomic E-state index is 13.6. The second-order valence-corrected chi connectivity index (χ2v) is 6.21. The summed E-state index contributed by atoms with van der Waals surface area (Å²) in [5.41, 5.74) is 1.00. The zero-order chi connectivity index (χ0) is 19.4. The van der Waals surface area contributed by atoms with Crippen molar-refractivity contribution in [3.05, 3.63) is 59.9 Å². The molecule has 1 N–H and O–H groups in total. The summed E-state index contributed by atoms with van der Waals surface area (Å²) in [6.07, 6.45) is 0.243. The molecule has 2 aromatic rings. The molecule has 27 heavy (non-hydrogen) atoms. The van der Waals surface area contributed by atoms with Gasteiger partial charge in [-0.05, 0) is 49.7 Å². The van der Waals surface area contributed by atoms with Crippen LogP contribution in [0.2, 0.25) is 0 Å². The number of benzene rings is 2. The second-order valence-electron chi connectivity index (χ2n) is 6.21. The molecular formula is C20H19FN2O4. The standard InChI is InChI=1S/C20H19FN2O4/c1-13(19(25)22-17-6-3-2-5-16(17)21)27-20(26)14-8-10-15(11-9-14)23-12-4-7-18(23)24/h2-3,5-6,8-11,13H,4,7,12H2,1H3,(H,22,25)/t13-/m0/s1. The molecule has 1 saturated heterocycles. The first-order chi connectivity index (χ1) is 13.0. The fourth-order valence-corrected chi connectivity index (χ4v) is 2.78. The van der Waals surface area contributed by atoms with Crippen LogP contribution in [0.15, 0.2) is 48.5 Å². The summed E-state index contributed by atoms with van der Waals surface area (Å²) in [5.74, 6) is -1.82. The maximum Gasteiger partial charge on any atom is 0.338 e. The lowest BCUT2D eigenvalue weighted by molar-refractivity contribution is -0.123. The van der Waals surface area contributed by atoms with Crippen LogP contribution in [0.1, 0.15) is 30.1 Å². The Hall–Kier alpha value is -3.22. The lowest BCUT2D eigenvalue weighted by Gasteiger charge is -2.16. The van der Waals surface area contributed by atoms with E-state index < -0.39 is 23.8 Å². The van der Waals surface area contributed by atoms with Gasteiger partial charge in [0.2, 0.25) is 5.91 Å². The van der Waals surface area contributed by atoms with Crippen molar-refractivity contribution in [2.75, 3.05) is 16.8 Å². The number of halogens is 1. The number of carbonyl (C=O) groups excluding carboxylic acids is 3. The predicted octanol–water partition coefficient (Wildman–Crippen LogP) is 3.14. The average Bonchev–Trinajstić information content (AvgIpc) is 3.09. The van der Waals surface area contributed by atoms with E-state index in [2.05, 4.69) is 5.32 Å². The summed E-state index contributed by atoms with van der Waals surface area (Å²) in [5, 5.41) is 2.38. The van der Waals surface area contributed by atoms with Gasteiger partial charge in [-0.2, -0.15) is 0 Å². The van der Waals surface area contributed by atoms with E-state index in [4.69, 9.17) is 4.74 Å². The molecule has 0 spiro atoms. The highest BCUT2D eigenvalue weighted by Gasteiger charge is 2.23. The third-order valence-electron chi connectivity index (χ3n) is 4.27. The summed E-state index contributed by atoms with van der Waals surface area (Å²) >= 11 is 0. The Kier molecular flexibility index (Phi) is 5.49. The third kappa shape index (κ3) is 4.31. The minimum Gasteiger partial charge on any atom is -0.449 e. The second kappa shape index (κ2) is 7.99. The van der Waals surface area contributed by atoms with Crippen LogP contribution in [0.3, 0.4) is 0 Å². The number of nitrogens with zero attached hydrogens (tertiary/aromatic N) is 1. The third-order valence-corrected chi connectivity index (χ3v) is 4.27. The monoisotopic (exact) mass is 370 g/mol. The molecule has 1 aliphatic rings. The molecule has 1 atom stereocenters. The van der Waals surface area contributed by atoms with E-state index in [9.17, 15) is 18.8 Å². The molecule has 7 heteroatoms. The smallest absolute Gasteiger partial charge is 0.338 e. The van der Waals surface area contributed by atoms with E-state index in [1.54, 1.807) is 35.2 Å². The molecular weight excluding hydrogens is 351 g/mol. The van der Waals surface area contributed by atoms with Crippen LogP contribution >= 0.6 is 0 Å². The molecule has 0 bridgehead atoms. The van der Waals surface area contributed by atoms with Crippen LogP contribution in [-0.2, 0) is 14.3 Å². The molecule has 0 radical (unpaired) electrons. The summed E-state index contributed by atoms with van der Waals surface area (Å²) in [6.45, 7) is 2.07. The Morgan fingerprint density at radius 2 is 1.85 bits per heavy atom. The van der Waals surface area contributed by atoms with Gasteiger partial charge in [0.25, 0.3) is 5.91 Å². The highest BCUT2D eigenvalue weighted by Crippen LogP contribution is 2.22. The molecule has 1 heterocycles. The van der Waals surface area contributed by atoms with Crippen molar-refractivity contribution in [1.29, 1.82) is 0 Å². The summed E-state index contributed by atoms with van der Waals surface area (Å²) in [7, 11) is 0. The SMILES string of the molecule is C[C@H](OC(=O)c1ccc(N2CCCC2=O)cc1)C(=O)Nc1ccccc1F. The number of rotatable bonds is 5. The number of hydrogen-bond donors (Lipinski definition) is 1. The van der Waals surface area contributed by atoms with Crippen LogP contribution in [0, 0.1) is 5.82 Å². The molecule has 0 aromatic heterocycles. The van der Waals surface area contributed by atoms with E-state index in [1.807, 2.05) is 0 Å². The van der Waals surface area contributed by atoms with Gasteiger partial charge in [0, 0.05) is 18.7 Å². The number of carbonyl (C=O) groups is 3. The first-order valence-corrected chi connectivity index (χ1v) is 8.62. The zero-order valence-electron chi connectivity index (χ0n) is 14.8. The van der Waals surface area contributed by atoms with Crippen molar-refractivity contribution < 1.29 is 23.5 Å².